The Hall–Kier alpha value is -3.50. The lowest BCUT2D eigenvalue weighted by Gasteiger charge is -2.30. The van der Waals surface area contributed by atoms with E-state index in [-0.39, 0.29) is 29.1 Å². The van der Waals surface area contributed by atoms with Crippen LogP contribution in [0.3, 0.4) is 0 Å². The number of aromatic nitrogens is 2. The summed E-state index contributed by atoms with van der Waals surface area (Å²) in [6.07, 6.45) is 1.28. The molecule has 9 nitrogen and oxygen atoms in total. The summed E-state index contributed by atoms with van der Waals surface area (Å²) in [6.45, 7) is 0.745. The molecule has 1 aliphatic heterocycles. The van der Waals surface area contributed by atoms with Crippen LogP contribution in [-0.4, -0.2) is 58.1 Å². The SMILES string of the molecule is COc1ccc(F)c(F)c1C(=O)c1cnc(NC2CCN(C(=O)O)CC2)nc1N. The van der Waals surface area contributed by atoms with Gasteiger partial charge in [0.15, 0.2) is 11.6 Å². The highest BCUT2D eigenvalue weighted by atomic mass is 19.2. The van der Waals surface area contributed by atoms with Crippen molar-refractivity contribution in [2.75, 3.05) is 31.2 Å². The molecule has 0 spiro atoms. The average Bonchev–Trinajstić information content (AvgIpc) is 2.70. The van der Waals surface area contributed by atoms with Crippen LogP contribution >= 0.6 is 0 Å². The molecule has 2 aromatic rings. The van der Waals surface area contributed by atoms with Gasteiger partial charge < -0.3 is 25.8 Å². The van der Waals surface area contributed by atoms with Gasteiger partial charge in [-0.1, -0.05) is 0 Å². The van der Waals surface area contributed by atoms with Crippen molar-refractivity contribution in [2.45, 2.75) is 18.9 Å². The first-order valence-electron chi connectivity index (χ1n) is 8.75. The number of nitrogens with two attached hydrogens (primary N) is 1. The van der Waals surface area contributed by atoms with E-state index in [0.717, 1.165) is 18.3 Å². The molecule has 3 rings (SSSR count). The smallest absolute Gasteiger partial charge is 0.407 e. The normalized spacial score (nSPS) is 14.5. The molecule has 1 aromatic heterocycles. The van der Waals surface area contributed by atoms with Gasteiger partial charge >= 0.3 is 6.09 Å². The Labute approximate surface area is 164 Å². The second-order valence-corrected chi connectivity index (χ2v) is 6.45. The zero-order valence-electron chi connectivity index (χ0n) is 15.5. The highest BCUT2D eigenvalue weighted by molar-refractivity contribution is 6.13. The largest absolute Gasteiger partial charge is 0.496 e. The van der Waals surface area contributed by atoms with E-state index in [1.807, 2.05) is 0 Å². The number of methoxy groups -OCH3 is 1. The van der Waals surface area contributed by atoms with Gasteiger partial charge in [-0.25, -0.2) is 18.6 Å². The van der Waals surface area contributed by atoms with E-state index in [0.29, 0.717) is 25.9 Å². The Morgan fingerprint density at radius 2 is 2.00 bits per heavy atom. The zero-order chi connectivity index (χ0) is 21.1. The summed E-state index contributed by atoms with van der Waals surface area (Å²) in [4.78, 5) is 33.0. The van der Waals surface area contributed by atoms with E-state index in [1.165, 1.54) is 12.0 Å². The maximum absolute atomic E-state index is 14.2. The van der Waals surface area contributed by atoms with Gasteiger partial charge in [0.25, 0.3) is 0 Å². The van der Waals surface area contributed by atoms with Gasteiger partial charge in [-0.15, -0.1) is 0 Å². The molecule has 1 aromatic carbocycles. The summed E-state index contributed by atoms with van der Waals surface area (Å²) in [5.74, 6) is -3.64. The van der Waals surface area contributed by atoms with Crippen molar-refractivity contribution in [1.82, 2.24) is 14.9 Å². The minimum Gasteiger partial charge on any atom is -0.496 e. The van der Waals surface area contributed by atoms with E-state index in [2.05, 4.69) is 15.3 Å². The first-order chi connectivity index (χ1) is 13.8. The molecule has 0 aliphatic carbocycles. The van der Waals surface area contributed by atoms with Crippen LogP contribution in [0, 0.1) is 11.6 Å². The van der Waals surface area contributed by atoms with Crippen LogP contribution in [0.25, 0.3) is 0 Å². The molecule has 1 fully saturated rings. The highest BCUT2D eigenvalue weighted by Gasteiger charge is 2.26. The number of benzene rings is 1. The van der Waals surface area contributed by atoms with Gasteiger partial charge in [-0.05, 0) is 25.0 Å². The number of amides is 1. The second-order valence-electron chi connectivity index (χ2n) is 6.45. The third-order valence-corrected chi connectivity index (χ3v) is 4.67. The Bertz CT molecular complexity index is 948. The quantitative estimate of drug-likeness (QED) is 0.643. The predicted octanol–water partition coefficient (Wildman–Crippen LogP) is 2.13. The molecule has 4 N–H and O–H groups in total. The van der Waals surface area contributed by atoms with Crippen molar-refractivity contribution in [3.63, 3.8) is 0 Å². The Balaban J connectivity index is 1.78. The molecule has 11 heteroatoms. The third-order valence-electron chi connectivity index (χ3n) is 4.67. The van der Waals surface area contributed by atoms with Crippen molar-refractivity contribution in [3.8, 4) is 5.75 Å². The van der Waals surface area contributed by atoms with Crippen LogP contribution in [0.15, 0.2) is 18.3 Å². The minimum absolute atomic E-state index is 0.0627. The van der Waals surface area contributed by atoms with Crippen molar-refractivity contribution >= 4 is 23.6 Å². The van der Waals surface area contributed by atoms with Crippen molar-refractivity contribution in [1.29, 1.82) is 0 Å². The number of hydrogen-bond acceptors (Lipinski definition) is 7. The number of rotatable bonds is 5. The standard InChI is InChI=1S/C18H19F2N5O4/c1-29-12-3-2-11(19)14(20)13(12)15(26)10-8-22-17(24-16(10)21)23-9-4-6-25(7-5-9)18(27)28/h2-3,8-9H,4-7H2,1H3,(H,27,28)(H3,21,22,23,24). The molecular weight excluding hydrogens is 388 g/mol. The second kappa shape index (κ2) is 8.25. The fourth-order valence-corrected chi connectivity index (χ4v) is 3.09. The first kappa shape index (κ1) is 20.2. The van der Waals surface area contributed by atoms with Crippen molar-refractivity contribution < 1.29 is 28.2 Å². The Morgan fingerprint density at radius 3 is 2.59 bits per heavy atom. The molecular formula is C18H19F2N5O4. The van der Waals surface area contributed by atoms with Gasteiger partial charge in [0.2, 0.25) is 11.7 Å². The van der Waals surface area contributed by atoms with Gasteiger partial charge in [-0.3, -0.25) is 4.79 Å². The molecule has 1 saturated heterocycles. The lowest BCUT2D eigenvalue weighted by Crippen LogP contribution is -2.41. The number of carboxylic acid groups (broad SMARTS) is 1. The third kappa shape index (κ3) is 4.18. The van der Waals surface area contributed by atoms with E-state index < -0.39 is 29.1 Å². The lowest BCUT2D eigenvalue weighted by atomic mass is 10.0. The number of hydrogen-bond donors (Lipinski definition) is 3. The number of anilines is 2. The molecule has 1 amide bonds. The van der Waals surface area contributed by atoms with Crippen molar-refractivity contribution in [3.05, 3.63) is 41.1 Å². The first-order valence-corrected chi connectivity index (χ1v) is 8.75. The summed E-state index contributed by atoms with van der Waals surface area (Å²) in [5, 5.41) is 12.0. The number of carbonyl (C=O) groups is 2. The number of ketones is 1. The average molecular weight is 407 g/mol. The molecule has 154 valence electrons. The maximum Gasteiger partial charge on any atom is 0.407 e. The number of piperidine rings is 1. The molecule has 1 aliphatic rings. The van der Waals surface area contributed by atoms with E-state index in [4.69, 9.17) is 15.6 Å². The summed E-state index contributed by atoms with van der Waals surface area (Å²) >= 11 is 0. The Morgan fingerprint density at radius 1 is 1.31 bits per heavy atom. The lowest BCUT2D eigenvalue weighted by molar-refractivity contribution is 0.103. The number of nitrogen functional groups attached to an aromatic ring is 1. The number of likely N-dealkylation sites (tertiary alicyclic amines) is 1. The molecule has 2 heterocycles. The number of nitrogens with one attached hydrogen (secondary N) is 1. The van der Waals surface area contributed by atoms with E-state index in [9.17, 15) is 18.4 Å². The molecule has 0 saturated carbocycles. The maximum atomic E-state index is 14.2. The van der Waals surface area contributed by atoms with Crippen molar-refractivity contribution in [2.24, 2.45) is 0 Å². The molecule has 0 unspecified atom stereocenters. The number of carbonyl (C=O) groups excluding carboxylic acids is 1. The van der Waals surface area contributed by atoms with E-state index >= 15 is 0 Å². The van der Waals surface area contributed by atoms with Crippen LogP contribution in [-0.2, 0) is 0 Å². The van der Waals surface area contributed by atoms with Crippen LogP contribution < -0.4 is 15.8 Å². The fraction of sp³-hybridized carbons (Fsp3) is 0.333. The van der Waals surface area contributed by atoms with Gasteiger partial charge in [-0.2, -0.15) is 4.98 Å². The number of halogens is 2. The number of ether oxygens (including phenoxy) is 1. The Kier molecular flexibility index (Phi) is 5.76. The minimum atomic E-state index is -1.35. The monoisotopic (exact) mass is 407 g/mol. The zero-order valence-corrected chi connectivity index (χ0v) is 15.5. The molecule has 29 heavy (non-hydrogen) atoms. The fourth-order valence-electron chi connectivity index (χ4n) is 3.09. The molecule has 0 atom stereocenters. The molecule has 0 bridgehead atoms. The van der Waals surface area contributed by atoms with Gasteiger partial charge in [0.05, 0.1) is 12.7 Å². The highest BCUT2D eigenvalue weighted by Crippen LogP contribution is 2.28. The summed E-state index contributed by atoms with van der Waals surface area (Å²) < 4.78 is 32.7. The van der Waals surface area contributed by atoms with E-state index in [1.54, 1.807) is 0 Å². The predicted molar refractivity (Wildman–Crippen MR) is 99.0 cm³/mol. The number of nitrogens with zero attached hydrogens (tertiary/aromatic N) is 3. The van der Waals surface area contributed by atoms with Gasteiger partial charge in [0.1, 0.15) is 17.1 Å². The summed E-state index contributed by atoms with van der Waals surface area (Å²) in [7, 11) is 1.23. The van der Waals surface area contributed by atoms with Crippen LogP contribution in [0.1, 0.15) is 28.8 Å². The van der Waals surface area contributed by atoms with Crippen LogP contribution in [0.5, 0.6) is 5.75 Å². The summed E-state index contributed by atoms with van der Waals surface area (Å²) in [5.41, 5.74) is 5.06. The summed E-state index contributed by atoms with van der Waals surface area (Å²) in [6, 6.07) is 1.93. The van der Waals surface area contributed by atoms with Crippen LogP contribution in [0.4, 0.5) is 25.3 Å². The van der Waals surface area contributed by atoms with Gasteiger partial charge in [0, 0.05) is 25.3 Å². The molecule has 0 radical (unpaired) electrons. The topological polar surface area (TPSA) is 131 Å². The van der Waals surface area contributed by atoms with Crippen LogP contribution in [0.2, 0.25) is 0 Å².